The van der Waals surface area contributed by atoms with Crippen molar-refractivity contribution in [1.82, 2.24) is 4.90 Å². The first kappa shape index (κ1) is 19.6. The van der Waals surface area contributed by atoms with Crippen LogP contribution in [0.1, 0.15) is 28.8 Å². The third-order valence-electron chi connectivity index (χ3n) is 6.55. The Morgan fingerprint density at radius 3 is 2.55 bits per heavy atom. The Morgan fingerprint density at radius 1 is 0.968 bits per heavy atom. The molecule has 2 heterocycles. The molecule has 5 nitrogen and oxygen atoms in total. The van der Waals surface area contributed by atoms with Crippen LogP contribution in [-0.2, 0) is 11.2 Å². The molecule has 0 aromatic heterocycles. The van der Waals surface area contributed by atoms with Gasteiger partial charge in [0.05, 0.1) is 23.3 Å². The van der Waals surface area contributed by atoms with E-state index in [-0.39, 0.29) is 23.8 Å². The van der Waals surface area contributed by atoms with Crippen molar-refractivity contribution in [1.29, 1.82) is 0 Å². The van der Waals surface area contributed by atoms with Crippen LogP contribution in [0.5, 0.6) is 0 Å². The zero-order valence-electron chi connectivity index (χ0n) is 17.5. The number of carbonyl (C=O) groups excluding carboxylic acids is 2. The maximum absolute atomic E-state index is 13.1. The Balaban J connectivity index is 1.25. The van der Waals surface area contributed by atoms with Gasteiger partial charge in [-0.15, -0.1) is 0 Å². The largest absolute Gasteiger partial charge is 0.376 e. The van der Waals surface area contributed by atoms with E-state index in [1.54, 1.807) is 0 Å². The average Bonchev–Trinajstić information content (AvgIpc) is 2.95. The van der Waals surface area contributed by atoms with Gasteiger partial charge in [-0.05, 0) is 48.9 Å². The maximum atomic E-state index is 13.1. The highest BCUT2D eigenvalue weighted by molar-refractivity contribution is 6.02. The van der Waals surface area contributed by atoms with Crippen LogP contribution in [-0.4, -0.2) is 35.8 Å². The molecule has 2 amide bonds. The quantitative estimate of drug-likeness (QED) is 0.791. The molecule has 31 heavy (non-hydrogen) atoms. The number of rotatable bonds is 3. The Hall–Kier alpha value is -3.34. The van der Waals surface area contributed by atoms with Gasteiger partial charge < -0.3 is 15.5 Å². The van der Waals surface area contributed by atoms with Crippen molar-refractivity contribution in [2.24, 2.45) is 11.8 Å². The van der Waals surface area contributed by atoms with Gasteiger partial charge in [0.1, 0.15) is 0 Å². The van der Waals surface area contributed by atoms with Crippen LogP contribution in [0.3, 0.4) is 0 Å². The van der Waals surface area contributed by atoms with E-state index in [2.05, 4.69) is 34.9 Å². The standard InChI is InChI=1S/C26H27N3O2/c30-25-21-8-4-5-9-22(21)27-23-11-10-20(17-24(23)28-25)26(31)29-14-12-19(13-15-29)16-18-6-2-1-3-7-18/h1-11,17,19,21-22,27H,12-16H2,(H,28,30). The maximum Gasteiger partial charge on any atom is 0.253 e. The summed E-state index contributed by atoms with van der Waals surface area (Å²) in [7, 11) is 0. The molecule has 2 N–H and O–H groups in total. The van der Waals surface area contributed by atoms with Crippen molar-refractivity contribution in [3.8, 4) is 0 Å². The van der Waals surface area contributed by atoms with E-state index in [0.717, 1.165) is 38.0 Å². The van der Waals surface area contributed by atoms with Crippen molar-refractivity contribution in [3.63, 3.8) is 0 Å². The van der Waals surface area contributed by atoms with E-state index in [9.17, 15) is 9.59 Å². The second-order valence-corrected chi connectivity index (χ2v) is 8.64. The fourth-order valence-electron chi connectivity index (χ4n) is 4.77. The van der Waals surface area contributed by atoms with E-state index in [1.807, 2.05) is 53.5 Å². The summed E-state index contributed by atoms with van der Waals surface area (Å²) in [6, 6.07) is 16.1. The fraction of sp³-hybridized carbons (Fsp3) is 0.308. The number of piperidine rings is 1. The summed E-state index contributed by atoms with van der Waals surface area (Å²) in [5.41, 5.74) is 3.51. The predicted molar refractivity (Wildman–Crippen MR) is 123 cm³/mol. The lowest BCUT2D eigenvalue weighted by atomic mass is 9.90. The normalized spacial score (nSPS) is 22.7. The third kappa shape index (κ3) is 4.13. The van der Waals surface area contributed by atoms with E-state index in [4.69, 9.17) is 0 Å². The highest BCUT2D eigenvalue weighted by Crippen LogP contribution is 2.32. The van der Waals surface area contributed by atoms with Gasteiger partial charge >= 0.3 is 0 Å². The molecule has 2 aliphatic heterocycles. The number of amides is 2. The molecule has 5 rings (SSSR count). The van der Waals surface area contributed by atoms with Gasteiger partial charge in [-0.25, -0.2) is 0 Å². The number of hydrogen-bond donors (Lipinski definition) is 2. The van der Waals surface area contributed by atoms with Crippen molar-refractivity contribution >= 4 is 23.2 Å². The molecule has 0 saturated carbocycles. The van der Waals surface area contributed by atoms with Gasteiger partial charge in [0.15, 0.2) is 0 Å². The first-order valence-corrected chi connectivity index (χ1v) is 11.1. The first-order chi connectivity index (χ1) is 15.2. The lowest BCUT2D eigenvalue weighted by Gasteiger charge is -2.32. The molecule has 1 saturated heterocycles. The monoisotopic (exact) mass is 413 g/mol. The summed E-state index contributed by atoms with van der Waals surface area (Å²) >= 11 is 0. The number of allylic oxidation sites excluding steroid dienone is 2. The van der Waals surface area contributed by atoms with Gasteiger partial charge in [-0.1, -0.05) is 54.6 Å². The highest BCUT2D eigenvalue weighted by atomic mass is 16.2. The molecule has 158 valence electrons. The first-order valence-electron chi connectivity index (χ1n) is 11.1. The summed E-state index contributed by atoms with van der Waals surface area (Å²) in [5.74, 6) is 0.353. The molecule has 1 fully saturated rings. The Morgan fingerprint density at radius 2 is 1.74 bits per heavy atom. The SMILES string of the molecule is O=C1Nc2cc(C(=O)N3CCC(Cc4ccccc4)CC3)ccc2NC2C=CC=CC12. The number of carbonyl (C=O) groups is 2. The van der Waals surface area contributed by atoms with E-state index in [0.29, 0.717) is 17.2 Å². The van der Waals surface area contributed by atoms with Crippen LogP contribution in [0.25, 0.3) is 0 Å². The summed E-state index contributed by atoms with van der Waals surface area (Å²) in [5, 5.41) is 6.42. The van der Waals surface area contributed by atoms with E-state index < -0.39 is 0 Å². The van der Waals surface area contributed by atoms with Crippen LogP contribution in [0, 0.1) is 11.8 Å². The van der Waals surface area contributed by atoms with E-state index in [1.165, 1.54) is 5.56 Å². The predicted octanol–water partition coefficient (Wildman–Crippen LogP) is 4.26. The second kappa shape index (κ2) is 8.42. The fourth-order valence-corrected chi connectivity index (χ4v) is 4.77. The number of nitrogens with zero attached hydrogens (tertiary/aromatic N) is 1. The van der Waals surface area contributed by atoms with Crippen molar-refractivity contribution in [2.75, 3.05) is 23.7 Å². The highest BCUT2D eigenvalue weighted by Gasteiger charge is 2.31. The number of hydrogen-bond acceptors (Lipinski definition) is 3. The minimum absolute atomic E-state index is 0.0386. The van der Waals surface area contributed by atoms with Gasteiger partial charge in [0.2, 0.25) is 5.91 Å². The number of likely N-dealkylation sites (tertiary alicyclic amines) is 1. The summed E-state index contributed by atoms with van der Waals surface area (Å²) < 4.78 is 0. The molecular weight excluding hydrogens is 386 g/mol. The number of nitrogens with one attached hydrogen (secondary N) is 2. The van der Waals surface area contributed by atoms with Crippen LogP contribution in [0.2, 0.25) is 0 Å². The smallest absolute Gasteiger partial charge is 0.253 e. The Bertz CT molecular complexity index is 1040. The van der Waals surface area contributed by atoms with Gasteiger partial charge in [0, 0.05) is 18.7 Å². The number of anilines is 2. The van der Waals surface area contributed by atoms with Crippen LogP contribution >= 0.6 is 0 Å². The molecule has 5 heteroatoms. The van der Waals surface area contributed by atoms with Gasteiger partial charge in [-0.2, -0.15) is 0 Å². The molecule has 0 radical (unpaired) electrons. The zero-order valence-corrected chi connectivity index (χ0v) is 17.5. The van der Waals surface area contributed by atoms with Crippen molar-refractivity contribution in [2.45, 2.75) is 25.3 Å². The molecule has 2 unspecified atom stereocenters. The second-order valence-electron chi connectivity index (χ2n) is 8.64. The molecule has 2 aromatic rings. The minimum atomic E-state index is -0.250. The Kier molecular flexibility index (Phi) is 5.33. The van der Waals surface area contributed by atoms with Crippen LogP contribution in [0.4, 0.5) is 11.4 Å². The number of fused-ring (bicyclic) bond motifs is 2. The zero-order chi connectivity index (χ0) is 21.2. The molecule has 2 atom stereocenters. The Labute approximate surface area is 182 Å². The number of benzene rings is 2. The summed E-state index contributed by atoms with van der Waals surface area (Å²) in [6.07, 6.45) is 10.9. The van der Waals surface area contributed by atoms with Crippen molar-refractivity contribution in [3.05, 3.63) is 84.0 Å². The van der Waals surface area contributed by atoms with Crippen molar-refractivity contribution < 1.29 is 9.59 Å². The molecular formula is C26H27N3O2. The average molecular weight is 414 g/mol. The van der Waals surface area contributed by atoms with Crippen LogP contribution in [0.15, 0.2) is 72.8 Å². The lowest BCUT2D eigenvalue weighted by Crippen LogP contribution is -2.39. The minimum Gasteiger partial charge on any atom is -0.376 e. The summed E-state index contributed by atoms with van der Waals surface area (Å²) in [6.45, 7) is 1.55. The lowest BCUT2D eigenvalue weighted by molar-refractivity contribution is -0.118. The third-order valence-corrected chi connectivity index (χ3v) is 6.55. The van der Waals surface area contributed by atoms with Gasteiger partial charge in [0.25, 0.3) is 5.91 Å². The van der Waals surface area contributed by atoms with Crippen LogP contribution < -0.4 is 10.6 Å². The topological polar surface area (TPSA) is 61.4 Å². The van der Waals surface area contributed by atoms with Gasteiger partial charge in [-0.3, -0.25) is 9.59 Å². The molecule has 3 aliphatic rings. The molecule has 2 aromatic carbocycles. The molecule has 0 bridgehead atoms. The molecule has 1 aliphatic carbocycles. The van der Waals surface area contributed by atoms with E-state index >= 15 is 0 Å². The summed E-state index contributed by atoms with van der Waals surface area (Å²) in [4.78, 5) is 27.7. The molecule has 0 spiro atoms.